The third kappa shape index (κ3) is 3.97. The van der Waals surface area contributed by atoms with E-state index < -0.39 is 0 Å². The number of hydrogen-bond donors (Lipinski definition) is 0. The molecule has 7 rings (SSSR count). The number of carbonyl (C=O) groups is 1. The quantitative estimate of drug-likeness (QED) is 0.231. The average molecular weight is 535 g/mol. The average Bonchev–Trinajstić information content (AvgIpc) is 3.52. The first-order valence-electron chi connectivity index (χ1n) is 14.3. The first kappa shape index (κ1) is 25.1. The van der Waals surface area contributed by atoms with Crippen LogP contribution >= 0.6 is 0 Å². The van der Waals surface area contributed by atoms with Gasteiger partial charge in [-0.1, -0.05) is 73.7 Å². The molecule has 1 saturated heterocycles. The minimum Gasteiger partial charge on any atom is -0.452 e. The van der Waals surface area contributed by atoms with E-state index in [2.05, 4.69) is 78.2 Å². The lowest BCUT2D eigenvalue weighted by atomic mass is 9.72. The van der Waals surface area contributed by atoms with Crippen molar-refractivity contribution in [1.82, 2.24) is 9.13 Å². The summed E-state index contributed by atoms with van der Waals surface area (Å²) in [5, 5.41) is 2.29. The summed E-state index contributed by atoms with van der Waals surface area (Å²) in [7, 11) is 1.45. The predicted molar refractivity (Wildman–Crippen MR) is 157 cm³/mol. The summed E-state index contributed by atoms with van der Waals surface area (Å²) >= 11 is 0. The molecule has 1 aliphatic carbocycles. The third-order valence-electron chi connectivity index (χ3n) is 8.76. The van der Waals surface area contributed by atoms with Crippen LogP contribution in [-0.2, 0) is 27.4 Å². The molecule has 0 amide bonds. The number of carbonyl (C=O) groups excluding carboxylic acids is 1. The second-order valence-corrected chi connectivity index (χ2v) is 11.0. The van der Waals surface area contributed by atoms with E-state index >= 15 is 0 Å². The summed E-state index contributed by atoms with van der Waals surface area (Å²) in [5.41, 5.74) is 7.66. The van der Waals surface area contributed by atoms with E-state index in [-0.39, 0.29) is 24.2 Å². The monoisotopic (exact) mass is 534 g/mol. The Labute approximate surface area is 234 Å². The minimum atomic E-state index is -0.384. The molecule has 1 aliphatic heterocycles. The smallest absolute Gasteiger partial charge is 0.418 e. The van der Waals surface area contributed by atoms with Crippen LogP contribution in [0.15, 0.2) is 78.9 Å². The van der Waals surface area contributed by atoms with Gasteiger partial charge in [-0.2, -0.15) is 0 Å². The zero-order valence-corrected chi connectivity index (χ0v) is 23.0. The van der Waals surface area contributed by atoms with Crippen LogP contribution < -0.4 is 0 Å². The van der Waals surface area contributed by atoms with Gasteiger partial charge < -0.3 is 18.8 Å². The number of hydrogen-bond acceptors (Lipinski definition) is 4. The van der Waals surface area contributed by atoms with Crippen molar-refractivity contribution in [3.05, 3.63) is 95.6 Å². The minimum absolute atomic E-state index is 0.167. The number of nitrogens with zero attached hydrogens (tertiary/aromatic N) is 2. The van der Waals surface area contributed by atoms with Crippen LogP contribution in [0.25, 0.3) is 33.2 Å². The molecule has 6 heteroatoms. The Morgan fingerprint density at radius 1 is 0.875 bits per heavy atom. The van der Waals surface area contributed by atoms with E-state index in [0.717, 1.165) is 60.1 Å². The lowest BCUT2D eigenvalue weighted by Gasteiger charge is -2.32. The van der Waals surface area contributed by atoms with Crippen LogP contribution in [0.3, 0.4) is 0 Å². The number of benzene rings is 3. The molecule has 1 fully saturated rings. The van der Waals surface area contributed by atoms with Gasteiger partial charge in [0.2, 0.25) is 0 Å². The summed E-state index contributed by atoms with van der Waals surface area (Å²) in [4.78, 5) is 13.5. The Balaban J connectivity index is 1.51. The molecule has 40 heavy (non-hydrogen) atoms. The normalized spacial score (nSPS) is 20.4. The Kier molecular flexibility index (Phi) is 6.45. The molecule has 0 radical (unpaired) electrons. The van der Waals surface area contributed by atoms with Crippen LogP contribution in [0, 0.1) is 0 Å². The summed E-state index contributed by atoms with van der Waals surface area (Å²) in [5.74, 6) is 0.374. The molecule has 0 spiro atoms. The van der Waals surface area contributed by atoms with Gasteiger partial charge in [0.15, 0.2) is 6.29 Å². The zero-order valence-electron chi connectivity index (χ0n) is 23.0. The van der Waals surface area contributed by atoms with E-state index in [4.69, 9.17) is 14.2 Å². The fraction of sp³-hybridized carbons (Fsp3) is 0.324. The van der Waals surface area contributed by atoms with Gasteiger partial charge in [-0.05, 0) is 66.3 Å². The van der Waals surface area contributed by atoms with Crippen LogP contribution in [0.1, 0.15) is 54.7 Å². The van der Waals surface area contributed by atoms with E-state index in [1.54, 1.807) is 4.57 Å². The van der Waals surface area contributed by atoms with Gasteiger partial charge in [0.05, 0.1) is 29.5 Å². The maximum Gasteiger partial charge on any atom is 0.418 e. The molecule has 2 aromatic heterocycles. The Morgan fingerprint density at radius 3 is 2.30 bits per heavy atom. The van der Waals surface area contributed by atoms with Crippen molar-refractivity contribution in [2.45, 2.75) is 57.5 Å². The lowest BCUT2D eigenvalue weighted by molar-refractivity contribution is -0.179. The highest BCUT2D eigenvalue weighted by atomic mass is 16.7. The molecule has 3 aromatic carbocycles. The van der Waals surface area contributed by atoms with E-state index in [1.807, 2.05) is 12.1 Å². The fourth-order valence-corrected chi connectivity index (χ4v) is 6.93. The van der Waals surface area contributed by atoms with Gasteiger partial charge in [-0.25, -0.2) is 9.36 Å². The van der Waals surface area contributed by atoms with Crippen molar-refractivity contribution in [2.24, 2.45) is 0 Å². The van der Waals surface area contributed by atoms with Crippen LogP contribution in [0.4, 0.5) is 4.79 Å². The topological polar surface area (TPSA) is 54.6 Å². The molecule has 3 heterocycles. The molecule has 0 N–H and O–H groups in total. The van der Waals surface area contributed by atoms with Gasteiger partial charge in [0.25, 0.3) is 0 Å². The molecular weight excluding hydrogens is 500 g/mol. The number of ether oxygens (including phenoxy) is 3. The number of aromatic nitrogens is 2. The maximum absolute atomic E-state index is 13.5. The van der Waals surface area contributed by atoms with E-state index in [1.165, 1.54) is 29.2 Å². The summed E-state index contributed by atoms with van der Waals surface area (Å²) in [6.07, 6.45) is 3.36. The number of rotatable bonds is 5. The molecule has 0 saturated carbocycles. The highest BCUT2D eigenvalue weighted by molar-refractivity contribution is 6.04. The van der Waals surface area contributed by atoms with Crippen molar-refractivity contribution in [1.29, 1.82) is 0 Å². The molecule has 0 bridgehead atoms. The largest absolute Gasteiger partial charge is 0.452 e. The van der Waals surface area contributed by atoms with Crippen molar-refractivity contribution < 1.29 is 19.0 Å². The first-order valence-corrected chi connectivity index (χ1v) is 14.3. The molecule has 204 valence electrons. The van der Waals surface area contributed by atoms with E-state index in [9.17, 15) is 4.79 Å². The second kappa shape index (κ2) is 10.3. The molecule has 5 aromatic rings. The summed E-state index contributed by atoms with van der Waals surface area (Å²) in [6, 6.07) is 27.5. The van der Waals surface area contributed by atoms with Crippen molar-refractivity contribution in [3.63, 3.8) is 0 Å². The van der Waals surface area contributed by atoms with Gasteiger partial charge in [-0.3, -0.25) is 0 Å². The highest BCUT2D eigenvalue weighted by Gasteiger charge is 2.41. The number of fused-ring (bicyclic) bond motifs is 7. The number of methoxy groups -OCH3 is 1. The van der Waals surface area contributed by atoms with Crippen LogP contribution in [0.2, 0.25) is 0 Å². The molecular formula is C34H34N2O4. The van der Waals surface area contributed by atoms with Gasteiger partial charge in [0, 0.05) is 17.4 Å². The second-order valence-electron chi connectivity index (χ2n) is 11.0. The zero-order chi connectivity index (χ0) is 27.2. The van der Waals surface area contributed by atoms with Crippen LogP contribution in [-0.4, -0.2) is 35.2 Å². The van der Waals surface area contributed by atoms with Gasteiger partial charge in [0.1, 0.15) is 6.73 Å². The third-order valence-corrected chi connectivity index (χ3v) is 8.76. The van der Waals surface area contributed by atoms with E-state index in [0.29, 0.717) is 6.73 Å². The van der Waals surface area contributed by atoms with Crippen LogP contribution in [0.5, 0.6) is 0 Å². The predicted octanol–water partition coefficient (Wildman–Crippen LogP) is 7.82. The lowest BCUT2D eigenvalue weighted by Crippen LogP contribution is -2.25. The molecule has 3 unspecified atom stereocenters. The standard InChI is InChI=1S/C34H34N2O4/c1-22-26(20-23-12-4-3-5-13-23)31-24-14-6-8-16-27(24)35(21-40-29-18-10-11-19-39-29)32(31)33-30(22)25-15-7-9-17-28(25)36(33)34(37)38-2/h3-9,12-17,22,26,29H,10-11,18-21H2,1-2H3. The molecule has 6 nitrogen and oxygen atoms in total. The summed E-state index contributed by atoms with van der Waals surface area (Å²) in [6.45, 7) is 3.38. The Hall–Kier alpha value is -3.87. The number of para-hydroxylation sites is 2. The first-order chi connectivity index (χ1) is 19.7. The van der Waals surface area contributed by atoms with Crippen molar-refractivity contribution >= 4 is 27.9 Å². The highest BCUT2D eigenvalue weighted by Crippen LogP contribution is 2.54. The van der Waals surface area contributed by atoms with Crippen molar-refractivity contribution in [2.75, 3.05) is 13.7 Å². The fourth-order valence-electron chi connectivity index (χ4n) is 6.93. The summed E-state index contributed by atoms with van der Waals surface area (Å²) < 4.78 is 21.7. The van der Waals surface area contributed by atoms with Gasteiger partial charge in [-0.15, -0.1) is 0 Å². The van der Waals surface area contributed by atoms with Crippen molar-refractivity contribution in [3.8, 4) is 11.4 Å². The Morgan fingerprint density at radius 2 is 1.57 bits per heavy atom. The maximum atomic E-state index is 13.5. The van der Waals surface area contributed by atoms with Gasteiger partial charge >= 0.3 is 6.09 Å². The molecule has 2 aliphatic rings. The molecule has 3 atom stereocenters. The Bertz CT molecular complexity index is 1690. The SMILES string of the molecule is COC(=O)n1c2c(c3ccccc31)C(C)C(Cc1ccccc1)c1c-2n(COC2CCCCO2)c2ccccc12.